The van der Waals surface area contributed by atoms with Crippen molar-refractivity contribution in [1.82, 2.24) is 0 Å². The van der Waals surface area contributed by atoms with Gasteiger partial charge in [-0.05, 0) is 12.0 Å². The number of methoxy groups -OCH3 is 1. The topological polar surface area (TPSA) is 9.23 Å². The molecule has 0 saturated heterocycles. The highest BCUT2D eigenvalue weighted by Crippen LogP contribution is 2.33. The summed E-state index contributed by atoms with van der Waals surface area (Å²) in [5.74, 6) is 0.370. The molecule has 0 aromatic heterocycles. The van der Waals surface area contributed by atoms with Crippen molar-refractivity contribution >= 4 is 11.6 Å². The summed E-state index contributed by atoms with van der Waals surface area (Å²) in [5, 5.41) is 0.423. The van der Waals surface area contributed by atoms with E-state index in [2.05, 4.69) is 0 Å². The second-order valence-electron chi connectivity index (χ2n) is 3.16. The van der Waals surface area contributed by atoms with Gasteiger partial charge >= 0.3 is 0 Å². The fourth-order valence-corrected chi connectivity index (χ4v) is 1.71. The Labute approximate surface area is 82.5 Å². The van der Waals surface area contributed by atoms with Crippen LogP contribution >= 0.6 is 11.6 Å². The summed E-state index contributed by atoms with van der Waals surface area (Å²) in [7, 11) is 1.51. The summed E-state index contributed by atoms with van der Waals surface area (Å²) in [4.78, 5) is 0. The fourth-order valence-electron chi connectivity index (χ4n) is 1.29. The third kappa shape index (κ3) is 2.13. The highest BCUT2D eigenvalue weighted by Gasteiger charge is 2.13. The van der Waals surface area contributed by atoms with Gasteiger partial charge in [0.15, 0.2) is 0 Å². The first-order valence-corrected chi connectivity index (χ1v) is 4.47. The molecule has 0 spiro atoms. The third-order valence-corrected chi connectivity index (χ3v) is 2.17. The molecule has 3 heteroatoms. The highest BCUT2D eigenvalue weighted by atomic mass is 35.5. The average molecular weight is 203 g/mol. The Balaban J connectivity index is 3.30. The van der Waals surface area contributed by atoms with Gasteiger partial charge in [0.25, 0.3) is 0 Å². The van der Waals surface area contributed by atoms with Crippen molar-refractivity contribution in [2.24, 2.45) is 0 Å². The predicted molar refractivity (Wildman–Crippen MR) is 52.1 cm³/mol. The number of benzene rings is 1. The molecule has 0 fully saturated rings. The van der Waals surface area contributed by atoms with Crippen LogP contribution in [0.4, 0.5) is 4.39 Å². The third-order valence-electron chi connectivity index (χ3n) is 1.85. The van der Waals surface area contributed by atoms with Crippen molar-refractivity contribution in [2.75, 3.05) is 7.11 Å². The standard InChI is InChI=1S/C10H12ClFO/c1-6(2)10-8(11)4-7(12)5-9(10)13-3/h4-6H,1-3H3. The zero-order chi connectivity index (χ0) is 10.0. The zero-order valence-corrected chi connectivity index (χ0v) is 8.65. The molecule has 0 aliphatic rings. The van der Waals surface area contributed by atoms with Gasteiger partial charge < -0.3 is 4.74 Å². The fraction of sp³-hybridized carbons (Fsp3) is 0.400. The molecule has 0 bridgehead atoms. The van der Waals surface area contributed by atoms with E-state index in [9.17, 15) is 4.39 Å². The Kier molecular flexibility index (Phi) is 3.15. The highest BCUT2D eigenvalue weighted by molar-refractivity contribution is 6.31. The molecule has 72 valence electrons. The predicted octanol–water partition coefficient (Wildman–Crippen LogP) is 3.61. The molecule has 0 N–H and O–H groups in total. The Hall–Kier alpha value is -0.760. The van der Waals surface area contributed by atoms with Crippen molar-refractivity contribution < 1.29 is 9.13 Å². The van der Waals surface area contributed by atoms with E-state index in [-0.39, 0.29) is 11.7 Å². The lowest BCUT2D eigenvalue weighted by atomic mass is 10.0. The van der Waals surface area contributed by atoms with Crippen LogP contribution in [0.15, 0.2) is 12.1 Å². The van der Waals surface area contributed by atoms with E-state index < -0.39 is 0 Å². The van der Waals surface area contributed by atoms with Crippen LogP contribution in [0.3, 0.4) is 0 Å². The van der Waals surface area contributed by atoms with Gasteiger partial charge in [-0.15, -0.1) is 0 Å². The molecule has 1 nitrogen and oxygen atoms in total. The summed E-state index contributed by atoms with van der Waals surface area (Å²) >= 11 is 5.89. The van der Waals surface area contributed by atoms with Crippen LogP contribution in [-0.2, 0) is 0 Å². The molecule has 0 unspecified atom stereocenters. The molecule has 0 atom stereocenters. The van der Waals surface area contributed by atoms with E-state index in [1.807, 2.05) is 13.8 Å². The molecule has 0 saturated carbocycles. The van der Waals surface area contributed by atoms with Crippen LogP contribution in [0.25, 0.3) is 0 Å². The molecule has 1 aromatic carbocycles. The minimum Gasteiger partial charge on any atom is -0.496 e. The second-order valence-corrected chi connectivity index (χ2v) is 3.57. The molecule has 13 heavy (non-hydrogen) atoms. The monoisotopic (exact) mass is 202 g/mol. The van der Waals surface area contributed by atoms with Gasteiger partial charge in [0.2, 0.25) is 0 Å². The van der Waals surface area contributed by atoms with Crippen molar-refractivity contribution in [3.8, 4) is 5.75 Å². The minimum absolute atomic E-state index is 0.225. The van der Waals surface area contributed by atoms with Crippen molar-refractivity contribution in [3.05, 3.63) is 28.5 Å². The minimum atomic E-state index is -0.369. The van der Waals surface area contributed by atoms with Crippen LogP contribution in [0.2, 0.25) is 5.02 Å². The van der Waals surface area contributed by atoms with Gasteiger partial charge in [0, 0.05) is 11.6 Å². The lowest BCUT2D eigenvalue weighted by Crippen LogP contribution is -1.96. The maximum Gasteiger partial charge on any atom is 0.128 e. The molecule has 0 aliphatic carbocycles. The quantitative estimate of drug-likeness (QED) is 0.712. The second kappa shape index (κ2) is 3.97. The van der Waals surface area contributed by atoms with Crippen LogP contribution in [0.5, 0.6) is 5.75 Å². The molecular weight excluding hydrogens is 191 g/mol. The molecular formula is C10H12ClFO. The molecule has 0 radical (unpaired) electrons. The first kappa shape index (κ1) is 10.3. The van der Waals surface area contributed by atoms with E-state index in [1.165, 1.54) is 19.2 Å². The van der Waals surface area contributed by atoms with Gasteiger partial charge in [-0.1, -0.05) is 25.4 Å². The van der Waals surface area contributed by atoms with Crippen LogP contribution in [0, 0.1) is 5.82 Å². The maximum atomic E-state index is 12.9. The number of rotatable bonds is 2. The molecule has 1 rings (SSSR count). The number of hydrogen-bond acceptors (Lipinski definition) is 1. The summed E-state index contributed by atoms with van der Waals surface area (Å²) in [6.07, 6.45) is 0. The van der Waals surface area contributed by atoms with Gasteiger partial charge in [-0.3, -0.25) is 0 Å². The number of ether oxygens (including phenoxy) is 1. The first-order valence-electron chi connectivity index (χ1n) is 4.09. The van der Waals surface area contributed by atoms with Crippen molar-refractivity contribution in [2.45, 2.75) is 19.8 Å². The summed E-state index contributed by atoms with van der Waals surface area (Å²) < 4.78 is 17.9. The number of hydrogen-bond donors (Lipinski definition) is 0. The van der Waals surface area contributed by atoms with E-state index in [4.69, 9.17) is 16.3 Å². The Bertz CT molecular complexity index is 310. The van der Waals surface area contributed by atoms with Crippen LogP contribution < -0.4 is 4.74 Å². The average Bonchev–Trinajstić information content (AvgIpc) is 2.01. The van der Waals surface area contributed by atoms with E-state index in [0.717, 1.165) is 5.56 Å². The molecule has 0 heterocycles. The Morgan fingerprint density at radius 1 is 1.38 bits per heavy atom. The summed E-state index contributed by atoms with van der Waals surface area (Å²) in [6, 6.07) is 2.65. The first-order chi connectivity index (χ1) is 6.06. The lowest BCUT2D eigenvalue weighted by Gasteiger charge is -2.13. The number of halogens is 2. The Morgan fingerprint density at radius 3 is 2.46 bits per heavy atom. The molecule has 0 aliphatic heterocycles. The van der Waals surface area contributed by atoms with Gasteiger partial charge in [0.05, 0.1) is 12.1 Å². The van der Waals surface area contributed by atoms with Crippen LogP contribution in [0.1, 0.15) is 25.3 Å². The van der Waals surface area contributed by atoms with Crippen molar-refractivity contribution in [1.29, 1.82) is 0 Å². The molecule has 1 aromatic rings. The maximum absolute atomic E-state index is 12.9. The van der Waals surface area contributed by atoms with Gasteiger partial charge in [-0.2, -0.15) is 0 Å². The zero-order valence-electron chi connectivity index (χ0n) is 7.90. The largest absolute Gasteiger partial charge is 0.496 e. The van der Waals surface area contributed by atoms with E-state index in [1.54, 1.807) is 0 Å². The van der Waals surface area contributed by atoms with Gasteiger partial charge in [-0.25, -0.2) is 4.39 Å². The smallest absolute Gasteiger partial charge is 0.128 e. The van der Waals surface area contributed by atoms with E-state index >= 15 is 0 Å². The summed E-state index contributed by atoms with van der Waals surface area (Å²) in [5.41, 5.74) is 0.852. The SMILES string of the molecule is COc1cc(F)cc(Cl)c1C(C)C. The van der Waals surface area contributed by atoms with E-state index in [0.29, 0.717) is 10.8 Å². The van der Waals surface area contributed by atoms with Crippen molar-refractivity contribution in [3.63, 3.8) is 0 Å². The van der Waals surface area contributed by atoms with Crippen LogP contribution in [-0.4, -0.2) is 7.11 Å². The normalized spacial score (nSPS) is 10.6. The Morgan fingerprint density at radius 2 is 2.00 bits per heavy atom. The summed E-state index contributed by atoms with van der Waals surface area (Å²) in [6.45, 7) is 3.98. The van der Waals surface area contributed by atoms with Gasteiger partial charge in [0.1, 0.15) is 11.6 Å². The lowest BCUT2D eigenvalue weighted by molar-refractivity contribution is 0.404. The molecule has 0 amide bonds.